The molecule has 0 radical (unpaired) electrons. The van der Waals surface area contributed by atoms with E-state index in [2.05, 4.69) is 0 Å². The van der Waals surface area contributed by atoms with E-state index in [1.54, 1.807) is 30.3 Å². The predicted molar refractivity (Wildman–Crippen MR) is 153 cm³/mol. The number of ketones is 1. The Morgan fingerprint density at radius 2 is 1.07 bits per heavy atom. The zero-order valence-corrected chi connectivity index (χ0v) is 22.9. The Hall–Kier alpha value is -4.26. The summed E-state index contributed by atoms with van der Waals surface area (Å²) >= 11 is 14.9. The minimum absolute atomic E-state index is 0.175. The zero-order chi connectivity index (χ0) is 28.5. The zero-order valence-electron chi connectivity index (χ0n) is 21.4. The van der Waals surface area contributed by atoms with E-state index in [9.17, 15) is 19.2 Å². The van der Waals surface area contributed by atoms with E-state index in [0.717, 1.165) is 27.2 Å². The molecule has 2 bridgehead atoms. The topological polar surface area (TPSA) is 80.8 Å². The maximum absolute atomic E-state index is 14.1. The van der Waals surface area contributed by atoms with Crippen molar-refractivity contribution in [3.8, 4) is 0 Å². The van der Waals surface area contributed by atoms with Gasteiger partial charge < -0.3 is 4.74 Å². The van der Waals surface area contributed by atoms with Crippen molar-refractivity contribution in [3.05, 3.63) is 137 Å². The Kier molecular flexibility index (Phi) is 5.72. The normalized spacial score (nSPS) is 25.4. The number of amides is 2. The molecule has 3 aliphatic carbocycles. The average molecular weight is 582 g/mol. The number of anilines is 1. The molecule has 8 heteroatoms. The molecule has 1 fully saturated rings. The fourth-order valence-corrected chi connectivity index (χ4v) is 7.69. The number of imide groups is 1. The van der Waals surface area contributed by atoms with E-state index in [-0.39, 0.29) is 11.3 Å². The van der Waals surface area contributed by atoms with Gasteiger partial charge in [-0.3, -0.25) is 14.4 Å². The molecule has 8 rings (SSSR count). The fourth-order valence-electron chi connectivity index (χ4n) is 6.59. The molecule has 4 aliphatic rings. The number of hydrogen-bond acceptors (Lipinski definition) is 5. The van der Waals surface area contributed by atoms with Crippen LogP contribution in [0.5, 0.6) is 0 Å². The highest BCUT2D eigenvalue weighted by atomic mass is 35.5. The number of Topliss-reactive ketones (excluding diaryl/α,β-unsaturated/α-hetero) is 1. The summed E-state index contributed by atoms with van der Waals surface area (Å²) in [4.78, 5) is 51.6. The van der Waals surface area contributed by atoms with E-state index in [1.807, 2.05) is 48.5 Å². The van der Waals surface area contributed by atoms with Gasteiger partial charge in [0.05, 0.1) is 23.1 Å². The summed E-state index contributed by atoms with van der Waals surface area (Å²) in [6.07, 6.45) is 0. The van der Waals surface area contributed by atoms with E-state index in [4.69, 9.17) is 27.9 Å². The van der Waals surface area contributed by atoms with E-state index in [1.165, 1.54) is 24.3 Å². The van der Waals surface area contributed by atoms with Gasteiger partial charge in [0.25, 0.3) is 0 Å². The lowest BCUT2D eigenvalue weighted by Crippen LogP contribution is -2.57. The largest absolute Gasteiger partial charge is 0.454 e. The van der Waals surface area contributed by atoms with E-state index in [0.29, 0.717) is 11.3 Å². The summed E-state index contributed by atoms with van der Waals surface area (Å²) in [6.45, 7) is -0.409. The minimum atomic E-state index is -1.27. The lowest BCUT2D eigenvalue weighted by Gasteiger charge is -2.54. The van der Waals surface area contributed by atoms with Crippen molar-refractivity contribution in [2.45, 2.75) is 9.75 Å². The highest BCUT2D eigenvalue weighted by molar-refractivity contribution is 6.38. The summed E-state index contributed by atoms with van der Waals surface area (Å²) in [5.74, 6) is -3.77. The molecule has 41 heavy (non-hydrogen) atoms. The number of hydrogen-bond donors (Lipinski definition) is 0. The van der Waals surface area contributed by atoms with Gasteiger partial charge in [-0.05, 0) is 46.5 Å². The minimum Gasteiger partial charge on any atom is -0.454 e. The molecule has 4 aromatic rings. The van der Waals surface area contributed by atoms with Gasteiger partial charge >= 0.3 is 5.97 Å². The number of alkyl halides is 2. The average Bonchev–Trinajstić information content (AvgIpc) is 3.29. The fraction of sp³-hybridized carbons (Fsp3) is 0.152. The number of ether oxygens (including phenoxy) is 1. The molecular formula is C33H21Cl2NO5. The molecule has 1 saturated heterocycles. The Morgan fingerprint density at radius 3 is 1.54 bits per heavy atom. The third-order valence-electron chi connectivity index (χ3n) is 8.38. The van der Waals surface area contributed by atoms with Gasteiger partial charge in [0.1, 0.15) is 9.75 Å². The molecule has 2 amide bonds. The molecule has 0 N–H and O–H groups in total. The Bertz CT molecular complexity index is 1650. The van der Waals surface area contributed by atoms with Crippen LogP contribution in [0.25, 0.3) is 0 Å². The van der Waals surface area contributed by atoms with E-state index >= 15 is 0 Å². The van der Waals surface area contributed by atoms with Crippen molar-refractivity contribution in [2.24, 2.45) is 11.8 Å². The number of esters is 1. The molecular weight excluding hydrogens is 561 g/mol. The maximum atomic E-state index is 14.1. The molecule has 6 nitrogen and oxygen atoms in total. The standard InChI is InChI=1S/C33H21Cl2NO5/c34-32-22-10-4-5-11-23(22)33(35,25-13-7-6-12-24(25)32)28-27(32)29(38)36(30(28)39)21-16-14-20(15-17-21)31(40)41-18-26(37)19-8-2-1-3-9-19/h1-17,27-28H,18H2/t27-,28+,32?,33?. The van der Waals surface area contributed by atoms with Gasteiger partial charge in [0.2, 0.25) is 11.8 Å². The quantitative estimate of drug-likeness (QED) is 0.128. The highest BCUT2D eigenvalue weighted by Gasteiger charge is 2.73. The molecule has 0 unspecified atom stereocenters. The smallest absolute Gasteiger partial charge is 0.338 e. The molecule has 1 aliphatic heterocycles. The van der Waals surface area contributed by atoms with Crippen LogP contribution in [-0.4, -0.2) is 30.2 Å². The first-order valence-electron chi connectivity index (χ1n) is 13.1. The number of halogens is 2. The van der Waals surface area contributed by atoms with E-state index < -0.39 is 46.0 Å². The van der Waals surface area contributed by atoms with Crippen LogP contribution in [0.4, 0.5) is 5.69 Å². The van der Waals surface area contributed by atoms with Crippen molar-refractivity contribution in [1.29, 1.82) is 0 Å². The summed E-state index contributed by atoms with van der Waals surface area (Å²) in [7, 11) is 0. The second-order valence-corrected chi connectivity index (χ2v) is 11.6. The number of nitrogens with zero attached hydrogens (tertiary/aromatic N) is 1. The molecule has 202 valence electrons. The van der Waals surface area contributed by atoms with Crippen LogP contribution in [0.2, 0.25) is 0 Å². The maximum Gasteiger partial charge on any atom is 0.338 e. The molecule has 0 spiro atoms. The van der Waals surface area contributed by atoms with Gasteiger partial charge in [-0.25, -0.2) is 9.69 Å². The molecule has 0 saturated carbocycles. The second-order valence-electron chi connectivity index (χ2n) is 10.4. The SMILES string of the molecule is O=C(COC(=O)c1ccc(N2C(=O)[C@@H]3[C@H](C2=O)C2(Cl)c4ccccc4C3(Cl)c3ccccc32)cc1)c1ccccc1. The van der Waals surface area contributed by atoms with Gasteiger partial charge in [0, 0.05) is 5.56 Å². The monoisotopic (exact) mass is 581 g/mol. The van der Waals surface area contributed by atoms with Gasteiger partial charge in [0.15, 0.2) is 12.4 Å². The first kappa shape index (κ1) is 25.7. The van der Waals surface area contributed by atoms with Crippen molar-refractivity contribution >= 4 is 52.5 Å². The van der Waals surface area contributed by atoms with Crippen LogP contribution in [-0.2, 0) is 24.1 Å². The second kappa shape index (κ2) is 9.13. The lowest BCUT2D eigenvalue weighted by atomic mass is 9.54. The number of rotatable bonds is 5. The summed E-state index contributed by atoms with van der Waals surface area (Å²) in [6, 6.07) is 29.4. The van der Waals surface area contributed by atoms with Crippen molar-refractivity contribution in [1.82, 2.24) is 0 Å². The first-order valence-corrected chi connectivity index (χ1v) is 13.8. The summed E-state index contributed by atoms with van der Waals surface area (Å²) in [5.41, 5.74) is 3.81. The molecule has 2 atom stereocenters. The molecule has 1 heterocycles. The number of carbonyl (C=O) groups is 4. The third kappa shape index (κ3) is 3.44. The van der Waals surface area contributed by atoms with Crippen molar-refractivity contribution in [2.75, 3.05) is 11.5 Å². The third-order valence-corrected chi connectivity index (χ3v) is 9.66. The van der Waals surface area contributed by atoms with Crippen LogP contribution < -0.4 is 4.90 Å². The van der Waals surface area contributed by atoms with Crippen LogP contribution in [0.15, 0.2) is 103 Å². The number of carbonyl (C=O) groups excluding carboxylic acids is 4. The first-order chi connectivity index (χ1) is 19.8. The Balaban J connectivity index is 1.20. The number of benzene rings is 4. The van der Waals surface area contributed by atoms with Crippen LogP contribution in [0, 0.1) is 11.8 Å². The Labute approximate surface area is 245 Å². The van der Waals surface area contributed by atoms with Gasteiger partial charge in [-0.1, -0.05) is 78.9 Å². The van der Waals surface area contributed by atoms with Crippen molar-refractivity contribution in [3.63, 3.8) is 0 Å². The molecule has 0 aromatic heterocycles. The summed E-state index contributed by atoms with van der Waals surface area (Å²) < 4.78 is 5.19. The summed E-state index contributed by atoms with van der Waals surface area (Å²) in [5, 5.41) is 0. The van der Waals surface area contributed by atoms with Crippen LogP contribution >= 0.6 is 23.2 Å². The van der Waals surface area contributed by atoms with Gasteiger partial charge in [-0.2, -0.15) is 0 Å². The van der Waals surface area contributed by atoms with Crippen molar-refractivity contribution < 1.29 is 23.9 Å². The molecule has 4 aromatic carbocycles. The van der Waals surface area contributed by atoms with Crippen LogP contribution in [0.1, 0.15) is 43.0 Å². The van der Waals surface area contributed by atoms with Crippen LogP contribution in [0.3, 0.4) is 0 Å². The Morgan fingerprint density at radius 1 is 0.634 bits per heavy atom. The van der Waals surface area contributed by atoms with Gasteiger partial charge in [-0.15, -0.1) is 23.2 Å². The predicted octanol–water partition coefficient (Wildman–Crippen LogP) is 5.82. The highest BCUT2D eigenvalue weighted by Crippen LogP contribution is 2.69. The lowest BCUT2D eigenvalue weighted by molar-refractivity contribution is -0.122.